The Morgan fingerprint density at radius 3 is 2.84 bits per heavy atom. The predicted molar refractivity (Wildman–Crippen MR) is 81.6 cm³/mol. The third-order valence-corrected chi connectivity index (χ3v) is 4.38. The standard InChI is InChI=1S/C14H20BrN3O/c1-11-12(15)5-3-6-13(11)16-14(19)18-8-4-7-17(2)9-10-18/h3,5-6H,4,7-10H2,1-2H3,(H,16,19). The van der Waals surface area contributed by atoms with Crippen molar-refractivity contribution in [3.8, 4) is 0 Å². The van der Waals surface area contributed by atoms with Crippen LogP contribution in [0.1, 0.15) is 12.0 Å². The molecule has 1 saturated heterocycles. The van der Waals surface area contributed by atoms with E-state index < -0.39 is 0 Å². The minimum Gasteiger partial charge on any atom is -0.323 e. The van der Waals surface area contributed by atoms with Gasteiger partial charge in [-0.3, -0.25) is 0 Å². The highest BCUT2D eigenvalue weighted by Gasteiger charge is 2.18. The monoisotopic (exact) mass is 325 g/mol. The average Bonchev–Trinajstić information content (AvgIpc) is 2.60. The summed E-state index contributed by atoms with van der Waals surface area (Å²) in [5, 5.41) is 3.00. The molecule has 0 saturated carbocycles. The smallest absolute Gasteiger partial charge is 0.321 e. The number of rotatable bonds is 1. The Morgan fingerprint density at radius 2 is 2.05 bits per heavy atom. The fourth-order valence-electron chi connectivity index (χ4n) is 2.19. The summed E-state index contributed by atoms with van der Waals surface area (Å²) in [6.07, 6.45) is 1.03. The van der Waals surface area contributed by atoms with Crippen molar-refractivity contribution >= 4 is 27.6 Å². The van der Waals surface area contributed by atoms with E-state index in [1.807, 2.05) is 30.0 Å². The molecule has 0 bridgehead atoms. The first-order valence-electron chi connectivity index (χ1n) is 6.57. The van der Waals surface area contributed by atoms with Gasteiger partial charge in [0.05, 0.1) is 0 Å². The lowest BCUT2D eigenvalue weighted by Crippen LogP contribution is -2.37. The Kier molecular flexibility index (Phi) is 4.82. The van der Waals surface area contributed by atoms with Gasteiger partial charge in [0.15, 0.2) is 0 Å². The highest BCUT2D eigenvalue weighted by molar-refractivity contribution is 9.10. The number of nitrogens with one attached hydrogen (secondary N) is 1. The van der Waals surface area contributed by atoms with Crippen molar-refractivity contribution in [3.63, 3.8) is 0 Å². The highest BCUT2D eigenvalue weighted by atomic mass is 79.9. The second kappa shape index (κ2) is 6.39. The van der Waals surface area contributed by atoms with Gasteiger partial charge in [0.1, 0.15) is 0 Å². The first kappa shape index (κ1) is 14.3. The van der Waals surface area contributed by atoms with Crippen LogP contribution < -0.4 is 5.32 Å². The van der Waals surface area contributed by atoms with Crippen molar-refractivity contribution in [1.29, 1.82) is 0 Å². The molecule has 0 aliphatic carbocycles. The van der Waals surface area contributed by atoms with Crippen molar-refractivity contribution in [2.24, 2.45) is 0 Å². The molecule has 1 fully saturated rings. The molecule has 0 aromatic heterocycles. The molecular formula is C14H20BrN3O. The van der Waals surface area contributed by atoms with E-state index in [1.165, 1.54) is 0 Å². The zero-order valence-corrected chi connectivity index (χ0v) is 13.0. The fourth-order valence-corrected chi connectivity index (χ4v) is 2.55. The third kappa shape index (κ3) is 3.70. The molecular weight excluding hydrogens is 306 g/mol. The van der Waals surface area contributed by atoms with Crippen LogP contribution in [0.4, 0.5) is 10.5 Å². The Bertz CT molecular complexity index is 464. The highest BCUT2D eigenvalue weighted by Crippen LogP contribution is 2.23. The normalized spacial score (nSPS) is 17.1. The van der Waals surface area contributed by atoms with E-state index in [2.05, 4.69) is 33.2 Å². The minimum atomic E-state index is -0.00324. The molecule has 2 rings (SSSR count). The molecule has 1 aromatic carbocycles. The second-order valence-electron chi connectivity index (χ2n) is 4.99. The van der Waals surface area contributed by atoms with Crippen LogP contribution >= 0.6 is 15.9 Å². The zero-order valence-electron chi connectivity index (χ0n) is 11.4. The number of anilines is 1. The van der Waals surface area contributed by atoms with Gasteiger partial charge in [0.25, 0.3) is 0 Å². The summed E-state index contributed by atoms with van der Waals surface area (Å²) < 4.78 is 1.01. The van der Waals surface area contributed by atoms with Crippen LogP contribution in [-0.2, 0) is 0 Å². The van der Waals surface area contributed by atoms with Crippen LogP contribution in [0, 0.1) is 6.92 Å². The molecule has 1 aliphatic rings. The van der Waals surface area contributed by atoms with Crippen LogP contribution in [0.25, 0.3) is 0 Å². The molecule has 4 nitrogen and oxygen atoms in total. The third-order valence-electron chi connectivity index (χ3n) is 3.52. The predicted octanol–water partition coefficient (Wildman–Crippen LogP) is 2.93. The van der Waals surface area contributed by atoms with Crippen LogP contribution in [0.2, 0.25) is 0 Å². The number of amides is 2. The maximum Gasteiger partial charge on any atom is 0.321 e. The molecule has 0 spiro atoms. The van der Waals surface area contributed by atoms with Crippen molar-refractivity contribution in [3.05, 3.63) is 28.2 Å². The van der Waals surface area contributed by atoms with Crippen molar-refractivity contribution < 1.29 is 4.79 Å². The lowest BCUT2D eigenvalue weighted by atomic mass is 10.2. The van der Waals surface area contributed by atoms with E-state index >= 15 is 0 Å². The number of nitrogens with zero attached hydrogens (tertiary/aromatic N) is 2. The summed E-state index contributed by atoms with van der Waals surface area (Å²) in [4.78, 5) is 16.4. The summed E-state index contributed by atoms with van der Waals surface area (Å²) >= 11 is 3.48. The van der Waals surface area contributed by atoms with E-state index in [-0.39, 0.29) is 6.03 Å². The van der Waals surface area contributed by atoms with Gasteiger partial charge in [-0.2, -0.15) is 0 Å². The van der Waals surface area contributed by atoms with E-state index in [1.54, 1.807) is 0 Å². The van der Waals surface area contributed by atoms with Gasteiger partial charge >= 0.3 is 6.03 Å². The first-order valence-corrected chi connectivity index (χ1v) is 7.37. The molecule has 1 aliphatic heterocycles. The number of urea groups is 1. The van der Waals surface area contributed by atoms with Crippen LogP contribution in [0.15, 0.2) is 22.7 Å². The summed E-state index contributed by atoms with van der Waals surface area (Å²) in [5.74, 6) is 0. The Hall–Kier alpha value is -1.07. The molecule has 1 aromatic rings. The van der Waals surface area contributed by atoms with Gasteiger partial charge in [-0.05, 0) is 44.6 Å². The summed E-state index contributed by atoms with van der Waals surface area (Å²) in [6, 6.07) is 5.84. The number of hydrogen-bond acceptors (Lipinski definition) is 2. The van der Waals surface area contributed by atoms with E-state index in [0.717, 1.165) is 48.3 Å². The Morgan fingerprint density at radius 1 is 1.26 bits per heavy atom. The number of carbonyl (C=O) groups excluding carboxylic acids is 1. The molecule has 1 heterocycles. The topological polar surface area (TPSA) is 35.6 Å². The summed E-state index contributed by atoms with van der Waals surface area (Å²) in [6.45, 7) is 5.60. The number of carbonyl (C=O) groups is 1. The lowest BCUT2D eigenvalue weighted by Gasteiger charge is -2.21. The maximum atomic E-state index is 12.3. The van der Waals surface area contributed by atoms with Gasteiger partial charge in [0, 0.05) is 29.8 Å². The maximum absolute atomic E-state index is 12.3. The van der Waals surface area contributed by atoms with E-state index in [0.29, 0.717) is 0 Å². The van der Waals surface area contributed by atoms with Crippen molar-refractivity contribution in [1.82, 2.24) is 9.80 Å². The molecule has 19 heavy (non-hydrogen) atoms. The number of hydrogen-bond donors (Lipinski definition) is 1. The average molecular weight is 326 g/mol. The number of likely N-dealkylation sites (N-methyl/N-ethyl adjacent to an activating group) is 1. The Balaban J connectivity index is 2.02. The van der Waals surface area contributed by atoms with Gasteiger partial charge < -0.3 is 15.1 Å². The van der Waals surface area contributed by atoms with Gasteiger partial charge in [-0.15, -0.1) is 0 Å². The van der Waals surface area contributed by atoms with Gasteiger partial charge in [-0.1, -0.05) is 22.0 Å². The summed E-state index contributed by atoms with van der Waals surface area (Å²) in [7, 11) is 2.10. The molecule has 0 radical (unpaired) electrons. The van der Waals surface area contributed by atoms with Gasteiger partial charge in [-0.25, -0.2) is 4.79 Å². The molecule has 2 amide bonds. The zero-order chi connectivity index (χ0) is 13.8. The van der Waals surface area contributed by atoms with Crippen LogP contribution in [0.5, 0.6) is 0 Å². The van der Waals surface area contributed by atoms with E-state index in [4.69, 9.17) is 0 Å². The molecule has 5 heteroatoms. The second-order valence-corrected chi connectivity index (χ2v) is 5.84. The van der Waals surface area contributed by atoms with Crippen molar-refractivity contribution in [2.75, 3.05) is 38.5 Å². The number of halogens is 1. The fraction of sp³-hybridized carbons (Fsp3) is 0.500. The minimum absolute atomic E-state index is 0.00324. The molecule has 0 unspecified atom stereocenters. The van der Waals surface area contributed by atoms with Crippen LogP contribution in [0.3, 0.4) is 0 Å². The quantitative estimate of drug-likeness (QED) is 0.861. The summed E-state index contributed by atoms with van der Waals surface area (Å²) in [5.41, 5.74) is 1.93. The van der Waals surface area contributed by atoms with E-state index in [9.17, 15) is 4.79 Å². The number of benzene rings is 1. The molecule has 0 atom stereocenters. The lowest BCUT2D eigenvalue weighted by molar-refractivity contribution is 0.213. The van der Waals surface area contributed by atoms with Gasteiger partial charge in [0.2, 0.25) is 0 Å². The van der Waals surface area contributed by atoms with Crippen LogP contribution in [-0.4, -0.2) is 49.1 Å². The molecule has 104 valence electrons. The first-order chi connectivity index (χ1) is 9.08. The van der Waals surface area contributed by atoms with Crippen molar-refractivity contribution in [2.45, 2.75) is 13.3 Å². The largest absolute Gasteiger partial charge is 0.323 e. The molecule has 1 N–H and O–H groups in total. The SMILES string of the molecule is Cc1c(Br)cccc1NC(=O)N1CCCN(C)CC1. The Labute approximate surface area is 122 Å².